The molecule has 2 aromatic rings. The lowest BCUT2D eigenvalue weighted by Gasteiger charge is -2.34. The van der Waals surface area contributed by atoms with Gasteiger partial charge in [0.05, 0.1) is 6.61 Å². The minimum Gasteiger partial charge on any atom is -0.493 e. The molecular weight excluding hydrogens is 326 g/mol. The molecular formula is C21H25N3O2. The number of fused-ring (bicyclic) bond motifs is 1. The van der Waals surface area contributed by atoms with E-state index in [1.54, 1.807) is 0 Å². The van der Waals surface area contributed by atoms with Crippen molar-refractivity contribution in [2.24, 2.45) is 5.92 Å². The first-order valence-corrected chi connectivity index (χ1v) is 9.50. The molecule has 1 atom stereocenters. The molecule has 3 heterocycles. The number of hydrogen-bond donors (Lipinski definition) is 0. The van der Waals surface area contributed by atoms with Crippen molar-refractivity contribution in [2.45, 2.75) is 38.5 Å². The van der Waals surface area contributed by atoms with Gasteiger partial charge in [-0.2, -0.15) is 0 Å². The average Bonchev–Trinajstić information content (AvgIpc) is 2.90. The Bertz CT molecular complexity index is 784. The number of aromatic nitrogens is 2. The van der Waals surface area contributed by atoms with E-state index < -0.39 is 0 Å². The Balaban J connectivity index is 1.39. The van der Waals surface area contributed by atoms with Crippen molar-refractivity contribution in [2.75, 3.05) is 19.7 Å². The summed E-state index contributed by atoms with van der Waals surface area (Å²) in [5.74, 6) is 2.48. The third kappa shape index (κ3) is 3.57. The summed E-state index contributed by atoms with van der Waals surface area (Å²) < 4.78 is 5.82. The minimum atomic E-state index is 0.0245. The number of carbonyl (C=O) groups excluding carboxylic acids is 1. The molecule has 0 bridgehead atoms. The zero-order valence-corrected chi connectivity index (χ0v) is 15.2. The Morgan fingerprint density at radius 1 is 1.15 bits per heavy atom. The number of nitrogens with zero attached hydrogens (tertiary/aromatic N) is 3. The van der Waals surface area contributed by atoms with Crippen LogP contribution >= 0.6 is 0 Å². The van der Waals surface area contributed by atoms with Crippen LogP contribution in [0.15, 0.2) is 36.5 Å². The highest BCUT2D eigenvalue weighted by molar-refractivity contribution is 5.79. The third-order valence-corrected chi connectivity index (χ3v) is 5.53. The summed E-state index contributed by atoms with van der Waals surface area (Å²) in [5.41, 5.74) is 2.26. The summed E-state index contributed by atoms with van der Waals surface area (Å²) in [7, 11) is 0. The predicted molar refractivity (Wildman–Crippen MR) is 99.1 cm³/mol. The van der Waals surface area contributed by atoms with Crippen LogP contribution in [-0.2, 0) is 11.2 Å². The first-order chi connectivity index (χ1) is 12.7. The van der Waals surface area contributed by atoms with Crippen LogP contribution in [0.25, 0.3) is 0 Å². The number of amides is 1. The lowest BCUT2D eigenvalue weighted by Crippen LogP contribution is -2.42. The molecule has 1 aromatic carbocycles. The van der Waals surface area contributed by atoms with Gasteiger partial charge in [0.25, 0.3) is 0 Å². The second-order valence-electron chi connectivity index (χ2n) is 7.27. The highest BCUT2D eigenvalue weighted by Crippen LogP contribution is 2.30. The maximum Gasteiger partial charge on any atom is 0.226 e. The fourth-order valence-electron chi connectivity index (χ4n) is 4.06. The first kappa shape index (κ1) is 17.0. The van der Waals surface area contributed by atoms with Crippen molar-refractivity contribution < 1.29 is 9.53 Å². The summed E-state index contributed by atoms with van der Waals surface area (Å²) in [4.78, 5) is 23.8. The molecule has 136 valence electrons. The van der Waals surface area contributed by atoms with E-state index in [2.05, 4.69) is 16.0 Å². The van der Waals surface area contributed by atoms with E-state index in [1.807, 2.05) is 42.3 Å². The summed E-state index contributed by atoms with van der Waals surface area (Å²) in [6.45, 7) is 4.16. The van der Waals surface area contributed by atoms with Gasteiger partial charge >= 0.3 is 0 Å². The SMILES string of the molecule is Cc1nccc(C2CCN(C(=O)[C@H]3CCOc4ccccc4C3)CC2)n1. The average molecular weight is 351 g/mol. The largest absolute Gasteiger partial charge is 0.493 e. The fraction of sp³-hybridized carbons (Fsp3) is 0.476. The minimum absolute atomic E-state index is 0.0245. The van der Waals surface area contributed by atoms with Crippen LogP contribution in [0.4, 0.5) is 0 Å². The molecule has 0 unspecified atom stereocenters. The summed E-state index contributed by atoms with van der Waals surface area (Å²) in [6, 6.07) is 10.1. The molecule has 1 fully saturated rings. The normalized spacial score (nSPS) is 20.8. The van der Waals surface area contributed by atoms with Gasteiger partial charge in [-0.1, -0.05) is 18.2 Å². The van der Waals surface area contributed by atoms with Crippen LogP contribution in [0.1, 0.15) is 42.3 Å². The van der Waals surface area contributed by atoms with Crippen molar-refractivity contribution in [3.05, 3.63) is 53.6 Å². The quantitative estimate of drug-likeness (QED) is 0.834. The van der Waals surface area contributed by atoms with Crippen LogP contribution in [-0.4, -0.2) is 40.5 Å². The maximum absolute atomic E-state index is 13.1. The molecule has 1 amide bonds. The van der Waals surface area contributed by atoms with Crippen molar-refractivity contribution in [1.29, 1.82) is 0 Å². The third-order valence-electron chi connectivity index (χ3n) is 5.53. The highest BCUT2D eigenvalue weighted by atomic mass is 16.5. The number of rotatable bonds is 2. The van der Waals surface area contributed by atoms with E-state index in [-0.39, 0.29) is 11.8 Å². The molecule has 4 rings (SSSR count). The molecule has 0 spiro atoms. The van der Waals surface area contributed by atoms with Crippen molar-refractivity contribution in [1.82, 2.24) is 14.9 Å². The Labute approximate surface area is 154 Å². The summed E-state index contributed by atoms with van der Waals surface area (Å²) >= 11 is 0. The lowest BCUT2D eigenvalue weighted by atomic mass is 9.90. The van der Waals surface area contributed by atoms with Gasteiger partial charge in [0.15, 0.2) is 0 Å². The Morgan fingerprint density at radius 2 is 1.96 bits per heavy atom. The van der Waals surface area contributed by atoms with Gasteiger partial charge in [-0.05, 0) is 50.3 Å². The van der Waals surface area contributed by atoms with Crippen molar-refractivity contribution >= 4 is 5.91 Å². The number of hydrogen-bond acceptors (Lipinski definition) is 4. The number of ether oxygens (including phenoxy) is 1. The number of likely N-dealkylation sites (tertiary alicyclic amines) is 1. The Morgan fingerprint density at radius 3 is 2.77 bits per heavy atom. The molecule has 5 nitrogen and oxygen atoms in total. The number of aryl methyl sites for hydroxylation is 1. The van der Waals surface area contributed by atoms with E-state index in [0.29, 0.717) is 12.5 Å². The molecule has 0 N–H and O–H groups in total. The first-order valence-electron chi connectivity index (χ1n) is 9.50. The van der Waals surface area contributed by atoms with Gasteiger partial charge in [0.2, 0.25) is 5.91 Å². The highest BCUT2D eigenvalue weighted by Gasteiger charge is 2.31. The number of piperidine rings is 1. The molecule has 0 aliphatic carbocycles. The van der Waals surface area contributed by atoms with Gasteiger partial charge in [-0.3, -0.25) is 4.79 Å². The van der Waals surface area contributed by atoms with Crippen LogP contribution in [0.5, 0.6) is 5.75 Å². The predicted octanol–water partition coefficient (Wildman–Crippen LogP) is 3.13. The fourth-order valence-corrected chi connectivity index (χ4v) is 4.06. The second kappa shape index (κ2) is 7.44. The molecule has 26 heavy (non-hydrogen) atoms. The smallest absolute Gasteiger partial charge is 0.226 e. The molecule has 2 aliphatic rings. The number of para-hydroxylation sites is 1. The van der Waals surface area contributed by atoms with Crippen LogP contribution in [0, 0.1) is 12.8 Å². The maximum atomic E-state index is 13.1. The zero-order valence-electron chi connectivity index (χ0n) is 15.2. The van der Waals surface area contributed by atoms with Gasteiger partial charge in [-0.25, -0.2) is 9.97 Å². The monoisotopic (exact) mass is 351 g/mol. The van der Waals surface area contributed by atoms with Gasteiger partial charge in [-0.15, -0.1) is 0 Å². The van der Waals surface area contributed by atoms with Crippen LogP contribution < -0.4 is 4.74 Å². The molecule has 1 aromatic heterocycles. The molecule has 0 radical (unpaired) electrons. The molecule has 5 heteroatoms. The number of benzene rings is 1. The van der Waals surface area contributed by atoms with Gasteiger partial charge in [0, 0.05) is 36.8 Å². The van der Waals surface area contributed by atoms with Crippen molar-refractivity contribution in [3.8, 4) is 5.75 Å². The van der Waals surface area contributed by atoms with E-state index in [4.69, 9.17) is 4.74 Å². The molecule has 0 saturated carbocycles. The summed E-state index contributed by atoms with van der Waals surface area (Å²) in [5, 5.41) is 0. The second-order valence-corrected chi connectivity index (χ2v) is 7.27. The topological polar surface area (TPSA) is 55.3 Å². The van der Waals surface area contributed by atoms with E-state index >= 15 is 0 Å². The van der Waals surface area contributed by atoms with Gasteiger partial charge < -0.3 is 9.64 Å². The molecule has 2 aliphatic heterocycles. The van der Waals surface area contributed by atoms with E-state index in [1.165, 1.54) is 0 Å². The lowest BCUT2D eigenvalue weighted by molar-refractivity contribution is -0.136. The van der Waals surface area contributed by atoms with E-state index in [0.717, 1.165) is 61.6 Å². The molecule has 1 saturated heterocycles. The van der Waals surface area contributed by atoms with Crippen molar-refractivity contribution in [3.63, 3.8) is 0 Å². The van der Waals surface area contributed by atoms with Gasteiger partial charge in [0.1, 0.15) is 11.6 Å². The van der Waals surface area contributed by atoms with Crippen LogP contribution in [0.3, 0.4) is 0 Å². The number of carbonyl (C=O) groups is 1. The van der Waals surface area contributed by atoms with E-state index in [9.17, 15) is 4.79 Å². The zero-order chi connectivity index (χ0) is 17.9. The summed E-state index contributed by atoms with van der Waals surface area (Å²) in [6.07, 6.45) is 5.35. The standard InChI is InChI=1S/C21H25N3O2/c1-15-22-10-6-19(23-15)16-7-11-24(12-8-16)21(25)18-9-13-26-20-5-3-2-4-17(20)14-18/h2-6,10,16,18H,7-9,11-14H2,1H3/t18-/m0/s1. The Hall–Kier alpha value is -2.43. The van der Waals surface area contributed by atoms with Crippen LogP contribution in [0.2, 0.25) is 0 Å². The Kier molecular flexibility index (Phi) is 4.87.